The van der Waals surface area contributed by atoms with Gasteiger partial charge in [0, 0.05) is 24.5 Å². The average Bonchev–Trinajstić information content (AvgIpc) is 3.01. The highest BCUT2D eigenvalue weighted by Gasteiger charge is 2.49. The van der Waals surface area contributed by atoms with Gasteiger partial charge in [-0.2, -0.15) is 0 Å². The fourth-order valence-electron chi connectivity index (χ4n) is 8.13. The number of hydrogen-bond donors (Lipinski definition) is 2. The first-order valence-corrected chi connectivity index (χ1v) is 16.5. The first-order chi connectivity index (χ1) is 19.9. The topological polar surface area (TPSA) is 87.7 Å². The van der Waals surface area contributed by atoms with Gasteiger partial charge in [0.25, 0.3) is 0 Å². The number of esters is 1. The number of likely N-dealkylation sites (tertiary alicyclic amines) is 1. The van der Waals surface area contributed by atoms with Crippen molar-refractivity contribution in [3.05, 3.63) is 34.9 Å². The summed E-state index contributed by atoms with van der Waals surface area (Å²) in [5.74, 6) is 1.33. The number of halogens is 1. The molecule has 1 aromatic rings. The summed E-state index contributed by atoms with van der Waals surface area (Å²) in [4.78, 5) is 42.8. The highest BCUT2D eigenvalue weighted by molar-refractivity contribution is 6.30. The van der Waals surface area contributed by atoms with Crippen molar-refractivity contribution >= 4 is 29.4 Å². The summed E-state index contributed by atoms with van der Waals surface area (Å²) in [6.45, 7) is 4.13. The van der Waals surface area contributed by atoms with Crippen LogP contribution in [0.2, 0.25) is 5.02 Å². The minimum Gasteiger partial charge on any atom is -0.466 e. The standard InChI is InChI=1S/C33H48ClN3O4/c1-2-41-32(40)33(26-10-4-3-5-11-26)16-18-37(19-17-33)31(39)29(20-23-12-14-27(34)15-13-23)36-30(38)28-21-24-8-6-7-9-25(24)22-35-28/h12-15,24-26,28-29,35H,2-11,16-22H2,1H3,(H,36,38)/t24?,25?,28-,29-/m1/s1. The number of nitrogens with zero attached hydrogens (tertiary/aromatic N) is 1. The number of rotatable bonds is 8. The van der Waals surface area contributed by atoms with Gasteiger partial charge in [0.2, 0.25) is 11.8 Å². The zero-order valence-electron chi connectivity index (χ0n) is 24.7. The summed E-state index contributed by atoms with van der Waals surface area (Å²) >= 11 is 6.12. The number of hydrogen-bond acceptors (Lipinski definition) is 5. The van der Waals surface area contributed by atoms with Gasteiger partial charge in [0.1, 0.15) is 6.04 Å². The van der Waals surface area contributed by atoms with Gasteiger partial charge in [0.15, 0.2) is 0 Å². The van der Waals surface area contributed by atoms with Crippen LogP contribution < -0.4 is 10.6 Å². The minimum atomic E-state index is -0.667. The molecule has 0 bridgehead atoms. The van der Waals surface area contributed by atoms with Crippen molar-refractivity contribution in [3.8, 4) is 0 Å². The normalized spacial score (nSPS) is 27.4. The Morgan fingerprint density at radius 2 is 1.66 bits per heavy atom. The average molecular weight is 586 g/mol. The molecule has 2 aliphatic carbocycles. The second-order valence-corrected chi connectivity index (χ2v) is 13.4. The molecule has 2 saturated heterocycles. The highest BCUT2D eigenvalue weighted by Crippen LogP contribution is 2.47. The predicted octanol–water partition coefficient (Wildman–Crippen LogP) is 5.29. The Morgan fingerprint density at radius 1 is 1.00 bits per heavy atom. The fraction of sp³-hybridized carbons (Fsp3) is 0.727. The van der Waals surface area contributed by atoms with Crippen LogP contribution in [0.1, 0.15) is 89.5 Å². The number of benzene rings is 1. The molecule has 41 heavy (non-hydrogen) atoms. The lowest BCUT2D eigenvalue weighted by molar-refractivity contribution is -0.166. The molecule has 4 aliphatic rings. The SMILES string of the molecule is CCOC(=O)C1(C2CCCCC2)CCN(C(=O)[C@@H](Cc2ccc(Cl)cc2)NC(=O)[C@H]2CC3CCCCC3CN2)CC1. The summed E-state index contributed by atoms with van der Waals surface area (Å²) < 4.78 is 5.61. The number of amides is 2. The Kier molecular flexibility index (Phi) is 10.3. The second-order valence-electron chi connectivity index (χ2n) is 12.9. The molecule has 2 N–H and O–H groups in total. The van der Waals surface area contributed by atoms with Gasteiger partial charge >= 0.3 is 5.97 Å². The maximum atomic E-state index is 14.0. The number of carbonyl (C=O) groups excluding carboxylic acids is 3. The maximum absolute atomic E-state index is 14.0. The molecular weight excluding hydrogens is 538 g/mol. The van der Waals surface area contributed by atoms with Crippen LogP contribution in [-0.4, -0.2) is 61.0 Å². The van der Waals surface area contributed by atoms with E-state index in [1.807, 2.05) is 36.1 Å². The van der Waals surface area contributed by atoms with Crippen molar-refractivity contribution in [1.29, 1.82) is 0 Å². The van der Waals surface area contributed by atoms with Gasteiger partial charge in [-0.1, -0.05) is 62.3 Å². The first kappa shape index (κ1) is 30.3. The van der Waals surface area contributed by atoms with Gasteiger partial charge in [-0.05, 0) is 87.4 Å². The van der Waals surface area contributed by atoms with E-state index in [4.69, 9.17) is 16.3 Å². The van der Waals surface area contributed by atoms with E-state index in [0.717, 1.165) is 44.2 Å². The summed E-state index contributed by atoms with van der Waals surface area (Å²) in [6, 6.07) is 6.56. The molecule has 2 heterocycles. The molecule has 0 radical (unpaired) electrons. The Morgan fingerprint density at radius 3 is 2.34 bits per heavy atom. The van der Waals surface area contributed by atoms with E-state index < -0.39 is 11.5 Å². The molecule has 2 unspecified atom stereocenters. The van der Waals surface area contributed by atoms with E-state index in [9.17, 15) is 14.4 Å². The first-order valence-electron chi connectivity index (χ1n) is 16.1. The van der Waals surface area contributed by atoms with Crippen molar-refractivity contribution in [1.82, 2.24) is 15.5 Å². The van der Waals surface area contributed by atoms with Crippen LogP contribution in [0.15, 0.2) is 24.3 Å². The number of nitrogens with one attached hydrogen (secondary N) is 2. The Labute approximate surface area is 250 Å². The van der Waals surface area contributed by atoms with E-state index >= 15 is 0 Å². The molecule has 4 fully saturated rings. The molecular formula is C33H48ClN3O4. The van der Waals surface area contributed by atoms with Crippen LogP contribution in [0.25, 0.3) is 0 Å². The van der Waals surface area contributed by atoms with Gasteiger partial charge in [-0.25, -0.2) is 0 Å². The summed E-state index contributed by atoms with van der Waals surface area (Å²) in [6.07, 6.45) is 13.1. The van der Waals surface area contributed by atoms with E-state index in [0.29, 0.717) is 61.7 Å². The van der Waals surface area contributed by atoms with E-state index in [-0.39, 0.29) is 23.8 Å². The van der Waals surface area contributed by atoms with Gasteiger partial charge < -0.3 is 20.3 Å². The minimum absolute atomic E-state index is 0.0687. The number of ether oxygens (including phenoxy) is 1. The molecule has 7 nitrogen and oxygen atoms in total. The van der Waals surface area contributed by atoms with Crippen LogP contribution in [0, 0.1) is 23.2 Å². The van der Waals surface area contributed by atoms with E-state index in [2.05, 4.69) is 10.6 Å². The van der Waals surface area contributed by atoms with Crippen molar-refractivity contribution in [2.45, 2.75) is 102 Å². The Bertz CT molecular complexity index is 1050. The summed E-state index contributed by atoms with van der Waals surface area (Å²) in [7, 11) is 0. The maximum Gasteiger partial charge on any atom is 0.312 e. The Hall–Kier alpha value is -2.12. The van der Waals surface area contributed by atoms with Crippen LogP contribution in [0.3, 0.4) is 0 Å². The highest BCUT2D eigenvalue weighted by atomic mass is 35.5. The third-order valence-corrected chi connectivity index (χ3v) is 10.8. The molecule has 2 saturated carbocycles. The third-order valence-electron chi connectivity index (χ3n) is 10.6. The largest absolute Gasteiger partial charge is 0.466 e. The Balaban J connectivity index is 1.28. The number of piperidine rings is 2. The smallest absolute Gasteiger partial charge is 0.312 e. The van der Waals surface area contributed by atoms with Crippen LogP contribution >= 0.6 is 11.6 Å². The molecule has 4 atom stereocenters. The molecule has 226 valence electrons. The van der Waals surface area contributed by atoms with Crippen molar-refractivity contribution in [2.24, 2.45) is 23.2 Å². The van der Waals surface area contributed by atoms with Gasteiger partial charge in [-0.3, -0.25) is 14.4 Å². The van der Waals surface area contributed by atoms with E-state index in [1.165, 1.54) is 32.1 Å². The lowest BCUT2D eigenvalue weighted by atomic mass is 9.63. The number of fused-ring (bicyclic) bond motifs is 1. The lowest BCUT2D eigenvalue weighted by Crippen LogP contribution is -2.59. The molecule has 0 aromatic heterocycles. The molecule has 8 heteroatoms. The van der Waals surface area contributed by atoms with Gasteiger partial charge in [-0.15, -0.1) is 0 Å². The zero-order chi connectivity index (χ0) is 28.8. The third kappa shape index (κ3) is 7.10. The fourth-order valence-corrected chi connectivity index (χ4v) is 8.25. The number of carbonyl (C=O) groups is 3. The van der Waals surface area contributed by atoms with Crippen molar-refractivity contribution in [2.75, 3.05) is 26.2 Å². The van der Waals surface area contributed by atoms with Crippen LogP contribution in [-0.2, 0) is 25.5 Å². The second kappa shape index (κ2) is 13.9. The van der Waals surface area contributed by atoms with Crippen molar-refractivity contribution in [3.63, 3.8) is 0 Å². The van der Waals surface area contributed by atoms with E-state index in [1.54, 1.807) is 0 Å². The molecule has 1 aromatic carbocycles. The molecule has 2 amide bonds. The monoisotopic (exact) mass is 585 g/mol. The van der Waals surface area contributed by atoms with Crippen molar-refractivity contribution < 1.29 is 19.1 Å². The van der Waals surface area contributed by atoms with Crippen LogP contribution in [0.5, 0.6) is 0 Å². The molecule has 0 spiro atoms. The summed E-state index contributed by atoms with van der Waals surface area (Å²) in [5.41, 5.74) is 0.446. The quantitative estimate of drug-likeness (QED) is 0.405. The lowest BCUT2D eigenvalue weighted by Gasteiger charge is -2.46. The molecule has 2 aliphatic heterocycles. The predicted molar refractivity (Wildman–Crippen MR) is 160 cm³/mol. The van der Waals surface area contributed by atoms with Crippen LogP contribution in [0.4, 0.5) is 0 Å². The molecule has 5 rings (SSSR count). The zero-order valence-corrected chi connectivity index (χ0v) is 25.4. The summed E-state index contributed by atoms with van der Waals surface area (Å²) in [5, 5.41) is 7.27. The van der Waals surface area contributed by atoms with Gasteiger partial charge in [0.05, 0.1) is 18.1 Å².